The van der Waals surface area contributed by atoms with E-state index in [2.05, 4.69) is 23.1 Å². The molecule has 0 N–H and O–H groups in total. The van der Waals surface area contributed by atoms with Crippen molar-refractivity contribution >= 4 is 6.09 Å². The van der Waals surface area contributed by atoms with E-state index in [0.717, 1.165) is 50.6 Å². The molecule has 1 amide bonds. The summed E-state index contributed by atoms with van der Waals surface area (Å²) in [5.41, 5.74) is 2.95. The van der Waals surface area contributed by atoms with Crippen LogP contribution in [0.1, 0.15) is 57.1 Å². The van der Waals surface area contributed by atoms with Gasteiger partial charge in [-0.25, -0.2) is 4.79 Å². The van der Waals surface area contributed by atoms with E-state index in [0.29, 0.717) is 13.1 Å². The smallest absolute Gasteiger partial charge is 0.428 e. The highest BCUT2D eigenvalue weighted by atomic mass is 16.7. The minimum Gasteiger partial charge on any atom is -0.490 e. The maximum absolute atomic E-state index is 12.1. The summed E-state index contributed by atoms with van der Waals surface area (Å²) in [6, 6.07) is 7.52. The monoisotopic (exact) mass is 415 g/mol. The average Bonchev–Trinajstić information content (AvgIpc) is 2.92. The van der Waals surface area contributed by atoms with Gasteiger partial charge in [0.25, 0.3) is 0 Å². The molecule has 0 atom stereocenters. The standard InChI is InChI=1S/C24H37N3O3/c1-3-25(4-2)24(28)30-27-16-12-22(13-17-27)29-23-9-8-19-10-14-26(21-6-5-7-21)15-11-20(19)18-23/h8-9,18,21-22H,3-7,10-17H2,1-2H3. The first-order valence-corrected chi connectivity index (χ1v) is 11.9. The van der Waals surface area contributed by atoms with Crippen LogP contribution in [0.15, 0.2) is 18.2 Å². The first-order valence-electron chi connectivity index (χ1n) is 11.9. The van der Waals surface area contributed by atoms with Crippen LogP contribution in [0.4, 0.5) is 4.79 Å². The van der Waals surface area contributed by atoms with Crippen molar-refractivity contribution in [3.8, 4) is 5.75 Å². The third kappa shape index (κ3) is 5.09. The van der Waals surface area contributed by atoms with Crippen molar-refractivity contribution in [1.29, 1.82) is 0 Å². The van der Waals surface area contributed by atoms with Crippen LogP contribution in [-0.4, -0.2) is 72.4 Å². The van der Waals surface area contributed by atoms with Crippen LogP contribution >= 0.6 is 0 Å². The van der Waals surface area contributed by atoms with Gasteiger partial charge in [0.2, 0.25) is 0 Å². The van der Waals surface area contributed by atoms with Gasteiger partial charge in [0.1, 0.15) is 11.9 Å². The van der Waals surface area contributed by atoms with Crippen molar-refractivity contribution in [1.82, 2.24) is 14.9 Å². The van der Waals surface area contributed by atoms with Crippen LogP contribution < -0.4 is 4.74 Å². The molecule has 30 heavy (non-hydrogen) atoms. The number of fused-ring (bicyclic) bond motifs is 1. The van der Waals surface area contributed by atoms with Crippen molar-refractivity contribution in [3.63, 3.8) is 0 Å². The third-order valence-electron chi connectivity index (χ3n) is 7.04. The van der Waals surface area contributed by atoms with E-state index in [1.165, 1.54) is 43.5 Å². The number of benzene rings is 1. The Hall–Kier alpha value is -1.79. The molecule has 0 radical (unpaired) electrons. The van der Waals surface area contributed by atoms with Crippen molar-refractivity contribution in [2.24, 2.45) is 0 Å². The molecule has 166 valence electrons. The zero-order chi connectivity index (χ0) is 20.9. The maximum atomic E-state index is 12.1. The molecule has 0 unspecified atom stereocenters. The van der Waals surface area contributed by atoms with Crippen LogP contribution in [0.5, 0.6) is 5.75 Å². The van der Waals surface area contributed by atoms with E-state index in [4.69, 9.17) is 9.57 Å². The lowest BCUT2D eigenvalue weighted by Gasteiger charge is -2.36. The minimum absolute atomic E-state index is 0.184. The highest BCUT2D eigenvalue weighted by molar-refractivity contribution is 5.67. The predicted molar refractivity (Wildman–Crippen MR) is 118 cm³/mol. The Morgan fingerprint density at radius 3 is 2.33 bits per heavy atom. The molecule has 3 aliphatic rings. The lowest BCUT2D eigenvalue weighted by Crippen LogP contribution is -2.43. The molecule has 2 heterocycles. The third-order valence-corrected chi connectivity index (χ3v) is 7.04. The summed E-state index contributed by atoms with van der Waals surface area (Å²) >= 11 is 0. The number of carbonyl (C=O) groups is 1. The Balaban J connectivity index is 1.26. The van der Waals surface area contributed by atoms with Gasteiger partial charge in [0.15, 0.2) is 0 Å². The second-order valence-electron chi connectivity index (χ2n) is 8.83. The number of piperidine rings is 1. The molecular formula is C24H37N3O3. The summed E-state index contributed by atoms with van der Waals surface area (Å²) in [5.74, 6) is 0.990. The Bertz CT molecular complexity index is 710. The number of rotatable bonds is 6. The molecule has 2 fully saturated rings. The summed E-state index contributed by atoms with van der Waals surface area (Å²) < 4.78 is 6.32. The minimum atomic E-state index is -0.249. The van der Waals surface area contributed by atoms with Gasteiger partial charge in [-0.15, -0.1) is 5.06 Å². The number of hydroxylamine groups is 2. The average molecular weight is 416 g/mol. The quantitative estimate of drug-likeness (QED) is 0.706. The molecule has 4 rings (SSSR count). The maximum Gasteiger partial charge on any atom is 0.428 e. The van der Waals surface area contributed by atoms with Crippen LogP contribution in [0.2, 0.25) is 0 Å². The van der Waals surface area contributed by atoms with Gasteiger partial charge in [-0.1, -0.05) is 12.5 Å². The summed E-state index contributed by atoms with van der Waals surface area (Å²) in [6.07, 6.45) is 8.13. The molecule has 6 nitrogen and oxygen atoms in total. The van der Waals surface area contributed by atoms with Crippen molar-refractivity contribution in [2.75, 3.05) is 39.3 Å². The summed E-state index contributed by atoms with van der Waals surface area (Å²) in [4.78, 5) is 22.0. The molecule has 2 aliphatic heterocycles. The van der Waals surface area contributed by atoms with Crippen LogP contribution in [0.25, 0.3) is 0 Å². The van der Waals surface area contributed by atoms with E-state index in [1.807, 2.05) is 13.8 Å². The van der Waals surface area contributed by atoms with Gasteiger partial charge >= 0.3 is 6.09 Å². The normalized spacial score (nSPS) is 21.4. The van der Waals surface area contributed by atoms with Gasteiger partial charge in [-0.3, -0.25) is 4.90 Å². The molecular weight excluding hydrogens is 378 g/mol. The molecule has 1 saturated carbocycles. The van der Waals surface area contributed by atoms with Crippen molar-refractivity contribution in [2.45, 2.75) is 70.9 Å². The second kappa shape index (κ2) is 10.0. The van der Waals surface area contributed by atoms with Crippen LogP contribution in [-0.2, 0) is 17.7 Å². The Labute approximate surface area is 181 Å². The molecule has 1 aromatic rings. The van der Waals surface area contributed by atoms with Gasteiger partial charge < -0.3 is 14.5 Å². The summed E-state index contributed by atoms with van der Waals surface area (Å²) in [5, 5.41) is 1.78. The lowest BCUT2D eigenvalue weighted by atomic mass is 9.91. The van der Waals surface area contributed by atoms with E-state index >= 15 is 0 Å². The lowest BCUT2D eigenvalue weighted by molar-refractivity contribution is -0.133. The molecule has 1 aliphatic carbocycles. The van der Waals surface area contributed by atoms with E-state index in [9.17, 15) is 4.79 Å². The van der Waals surface area contributed by atoms with Crippen molar-refractivity contribution in [3.05, 3.63) is 29.3 Å². The molecule has 0 bridgehead atoms. The fourth-order valence-corrected chi connectivity index (χ4v) is 4.79. The first-order chi connectivity index (χ1) is 14.7. The molecule has 0 aromatic heterocycles. The fourth-order valence-electron chi connectivity index (χ4n) is 4.79. The molecule has 0 spiro atoms. The highest BCUT2D eigenvalue weighted by Gasteiger charge is 2.27. The summed E-state index contributed by atoms with van der Waals surface area (Å²) in [6.45, 7) is 9.10. The molecule has 1 saturated heterocycles. The van der Waals surface area contributed by atoms with Crippen LogP contribution in [0, 0.1) is 0 Å². The zero-order valence-corrected chi connectivity index (χ0v) is 18.6. The SMILES string of the molecule is CCN(CC)C(=O)ON1CCC(Oc2ccc3c(c2)CCN(C2CCC2)CC3)CC1. The van der Waals surface area contributed by atoms with Gasteiger partial charge in [-0.05, 0) is 62.8 Å². The van der Waals surface area contributed by atoms with E-state index in [1.54, 1.807) is 9.96 Å². The molecule has 6 heteroatoms. The number of amides is 1. The Morgan fingerprint density at radius 2 is 1.70 bits per heavy atom. The summed E-state index contributed by atoms with van der Waals surface area (Å²) in [7, 11) is 0. The fraction of sp³-hybridized carbons (Fsp3) is 0.708. The topological polar surface area (TPSA) is 45.3 Å². The van der Waals surface area contributed by atoms with Crippen molar-refractivity contribution < 1.29 is 14.4 Å². The van der Waals surface area contributed by atoms with Gasteiger partial charge in [0.05, 0.1) is 0 Å². The zero-order valence-electron chi connectivity index (χ0n) is 18.6. The Morgan fingerprint density at radius 1 is 1.00 bits per heavy atom. The predicted octanol–water partition coefficient (Wildman–Crippen LogP) is 3.88. The number of hydrogen-bond acceptors (Lipinski definition) is 5. The first kappa shape index (κ1) is 21.4. The second-order valence-corrected chi connectivity index (χ2v) is 8.83. The van der Waals surface area contributed by atoms with Gasteiger partial charge in [0, 0.05) is 58.2 Å². The van der Waals surface area contributed by atoms with Gasteiger partial charge in [-0.2, -0.15) is 0 Å². The highest BCUT2D eigenvalue weighted by Crippen LogP contribution is 2.29. The number of hydrogen-bond donors (Lipinski definition) is 0. The molecule has 1 aromatic carbocycles. The Kier molecular flexibility index (Phi) is 7.16. The van der Waals surface area contributed by atoms with E-state index < -0.39 is 0 Å². The number of ether oxygens (including phenoxy) is 1. The van der Waals surface area contributed by atoms with Crippen LogP contribution in [0.3, 0.4) is 0 Å². The largest absolute Gasteiger partial charge is 0.490 e. The van der Waals surface area contributed by atoms with E-state index in [-0.39, 0.29) is 12.2 Å². The number of carbonyl (C=O) groups excluding carboxylic acids is 1. The number of nitrogens with zero attached hydrogens (tertiary/aromatic N) is 3.